The molecule has 0 aliphatic carbocycles. The number of benzene rings is 1. The number of unbranched alkanes of at least 4 members (excludes halogenated alkanes) is 3. The normalized spacial score (nSPS) is 13.6. The smallest absolute Gasteiger partial charge is 0.481 e. The Morgan fingerprint density at radius 3 is 2.21 bits per heavy atom. The molecule has 0 radical (unpaired) electrons. The molecule has 10 nitrogen and oxygen atoms in total. The van der Waals surface area contributed by atoms with E-state index in [2.05, 4.69) is 0 Å². The quantitative estimate of drug-likeness (QED) is 0.145. The van der Waals surface area contributed by atoms with Crippen molar-refractivity contribution >= 4 is 19.5 Å². The SMILES string of the molecule is C[N+](C)(C)CCO[P@](=O)(OCCCCCCC(=O)O)Oc1ccc([N+](=O)[O-])cc1. The van der Waals surface area contributed by atoms with Gasteiger partial charge in [0, 0.05) is 18.6 Å². The Bertz CT molecular complexity index is 703. The van der Waals surface area contributed by atoms with Gasteiger partial charge in [-0.1, -0.05) is 12.8 Å². The number of carboxylic acids is 1. The van der Waals surface area contributed by atoms with Crippen molar-refractivity contribution in [2.45, 2.75) is 32.1 Å². The van der Waals surface area contributed by atoms with Crippen LogP contribution in [0.2, 0.25) is 0 Å². The topological polar surface area (TPSA) is 125 Å². The van der Waals surface area contributed by atoms with Gasteiger partial charge < -0.3 is 14.1 Å². The van der Waals surface area contributed by atoms with Crippen molar-refractivity contribution in [3.05, 3.63) is 34.4 Å². The largest absolute Gasteiger partial charge is 0.530 e. The number of non-ortho nitro benzene ring substituents is 1. The number of nitro groups is 1. The van der Waals surface area contributed by atoms with Crippen molar-refractivity contribution in [3.63, 3.8) is 0 Å². The highest BCUT2D eigenvalue weighted by molar-refractivity contribution is 7.48. The summed E-state index contributed by atoms with van der Waals surface area (Å²) in [6, 6.07) is 5.16. The highest BCUT2D eigenvalue weighted by Crippen LogP contribution is 2.49. The highest BCUT2D eigenvalue weighted by Gasteiger charge is 2.29. The molecule has 0 aliphatic heterocycles. The number of rotatable bonds is 15. The van der Waals surface area contributed by atoms with Crippen molar-refractivity contribution in [2.24, 2.45) is 0 Å². The first-order valence-corrected chi connectivity index (χ1v) is 10.8. The van der Waals surface area contributed by atoms with Gasteiger partial charge >= 0.3 is 13.8 Å². The van der Waals surface area contributed by atoms with E-state index in [4.69, 9.17) is 18.7 Å². The maximum atomic E-state index is 13.0. The summed E-state index contributed by atoms with van der Waals surface area (Å²) in [6.07, 6.45) is 2.73. The van der Waals surface area contributed by atoms with Crippen LogP contribution in [0.15, 0.2) is 24.3 Å². The first-order valence-electron chi connectivity index (χ1n) is 9.36. The lowest BCUT2D eigenvalue weighted by molar-refractivity contribution is -0.870. The van der Waals surface area contributed by atoms with E-state index < -0.39 is 18.7 Å². The second kappa shape index (κ2) is 11.9. The standard InChI is InChI=1S/C18H29N2O8P/c1-20(2,3)13-15-27-29(25,26-14-7-5-4-6-8-18(21)22)28-17-11-9-16(10-12-17)19(23)24/h9-12H,4-8,13-15H2,1-3H3/p+1/t29-/m0/s1. The molecule has 0 spiro atoms. The number of likely N-dealkylation sites (N-methyl/N-ethyl adjacent to an activating group) is 1. The first-order chi connectivity index (χ1) is 13.5. The molecule has 0 heterocycles. The molecule has 1 N–H and O–H groups in total. The third kappa shape index (κ3) is 11.6. The van der Waals surface area contributed by atoms with Gasteiger partial charge in [0.05, 0.1) is 32.7 Å². The number of carboxylic acid groups (broad SMARTS) is 1. The molecule has 0 fully saturated rings. The number of nitro benzene ring substituents is 1. The van der Waals surface area contributed by atoms with Crippen molar-refractivity contribution in [1.82, 2.24) is 0 Å². The minimum atomic E-state index is -3.91. The Kier molecular flexibility index (Phi) is 10.2. The van der Waals surface area contributed by atoms with Gasteiger partial charge in [-0.3, -0.25) is 24.0 Å². The first kappa shape index (κ1) is 25.0. The molecule has 29 heavy (non-hydrogen) atoms. The molecule has 0 unspecified atom stereocenters. The van der Waals surface area contributed by atoms with Gasteiger partial charge in [0.2, 0.25) is 0 Å². The van der Waals surface area contributed by atoms with E-state index in [1.807, 2.05) is 21.1 Å². The minimum Gasteiger partial charge on any atom is -0.481 e. The number of aliphatic carboxylic acids is 1. The molecule has 0 aliphatic rings. The lowest BCUT2D eigenvalue weighted by atomic mass is 10.1. The van der Waals surface area contributed by atoms with Crippen LogP contribution in [0, 0.1) is 10.1 Å². The van der Waals surface area contributed by atoms with Crippen LogP contribution in [0.3, 0.4) is 0 Å². The maximum Gasteiger partial charge on any atom is 0.530 e. The lowest BCUT2D eigenvalue weighted by Gasteiger charge is -2.25. The molecule has 0 saturated carbocycles. The van der Waals surface area contributed by atoms with Gasteiger partial charge in [-0.2, -0.15) is 0 Å². The third-order valence-corrected chi connectivity index (χ3v) is 5.24. The molecule has 11 heteroatoms. The molecule has 0 saturated heterocycles. The predicted molar refractivity (Wildman–Crippen MR) is 107 cm³/mol. The van der Waals surface area contributed by atoms with E-state index in [1.54, 1.807) is 0 Å². The number of quaternary nitrogens is 1. The summed E-state index contributed by atoms with van der Waals surface area (Å²) >= 11 is 0. The average Bonchev–Trinajstić information content (AvgIpc) is 2.60. The Morgan fingerprint density at radius 1 is 1.07 bits per heavy atom. The average molecular weight is 433 g/mol. The molecular formula is C18H30N2O8P+. The number of phosphoric ester groups is 1. The summed E-state index contributed by atoms with van der Waals surface area (Å²) in [4.78, 5) is 20.7. The second-order valence-corrected chi connectivity index (χ2v) is 9.12. The molecule has 0 amide bonds. The Hall–Kier alpha value is -2.00. The van der Waals surface area contributed by atoms with Crippen LogP contribution >= 0.6 is 7.82 Å². The van der Waals surface area contributed by atoms with Gasteiger partial charge in [0.25, 0.3) is 5.69 Å². The summed E-state index contributed by atoms with van der Waals surface area (Å²) in [5.41, 5.74) is -0.111. The van der Waals surface area contributed by atoms with Gasteiger partial charge in [-0.25, -0.2) is 4.57 Å². The number of hydrogen-bond acceptors (Lipinski definition) is 7. The van der Waals surface area contributed by atoms with Gasteiger partial charge in [0.1, 0.15) is 18.9 Å². The maximum absolute atomic E-state index is 13.0. The predicted octanol–water partition coefficient (Wildman–Crippen LogP) is 3.86. The molecule has 0 bridgehead atoms. The molecule has 1 aromatic rings. The fraction of sp³-hybridized carbons (Fsp3) is 0.611. The summed E-state index contributed by atoms with van der Waals surface area (Å²) in [5, 5.41) is 19.4. The van der Waals surface area contributed by atoms with E-state index in [1.165, 1.54) is 24.3 Å². The van der Waals surface area contributed by atoms with Crippen molar-refractivity contribution < 1.29 is 37.4 Å². The Labute approximate surface area is 170 Å². The summed E-state index contributed by atoms with van der Waals surface area (Å²) in [5.74, 6) is -0.682. The molecule has 0 aromatic heterocycles. The van der Waals surface area contributed by atoms with E-state index in [-0.39, 0.29) is 31.1 Å². The van der Waals surface area contributed by atoms with E-state index in [0.29, 0.717) is 23.9 Å². The van der Waals surface area contributed by atoms with Crippen molar-refractivity contribution in [1.29, 1.82) is 0 Å². The van der Waals surface area contributed by atoms with E-state index in [9.17, 15) is 19.5 Å². The monoisotopic (exact) mass is 433 g/mol. The van der Waals surface area contributed by atoms with Crippen LogP contribution in [0.5, 0.6) is 5.75 Å². The van der Waals surface area contributed by atoms with Gasteiger partial charge in [-0.15, -0.1) is 0 Å². The fourth-order valence-electron chi connectivity index (χ4n) is 2.18. The van der Waals surface area contributed by atoms with Crippen LogP contribution in [0.25, 0.3) is 0 Å². The third-order valence-electron chi connectivity index (χ3n) is 3.81. The number of nitrogens with zero attached hydrogens (tertiary/aromatic N) is 2. The molecular weight excluding hydrogens is 403 g/mol. The highest BCUT2D eigenvalue weighted by atomic mass is 31.2. The van der Waals surface area contributed by atoms with E-state index in [0.717, 1.165) is 12.8 Å². The van der Waals surface area contributed by atoms with Crippen molar-refractivity contribution in [2.75, 3.05) is 40.9 Å². The van der Waals surface area contributed by atoms with Crippen LogP contribution in [-0.4, -0.2) is 61.4 Å². The van der Waals surface area contributed by atoms with Crippen LogP contribution in [0.4, 0.5) is 5.69 Å². The summed E-state index contributed by atoms with van der Waals surface area (Å²) < 4.78 is 29.8. The van der Waals surface area contributed by atoms with Crippen LogP contribution < -0.4 is 4.52 Å². The zero-order chi connectivity index (χ0) is 21.9. The molecule has 1 aromatic carbocycles. The van der Waals surface area contributed by atoms with Gasteiger partial charge in [0.15, 0.2) is 0 Å². The van der Waals surface area contributed by atoms with Crippen LogP contribution in [0.1, 0.15) is 32.1 Å². The molecule has 164 valence electrons. The molecule has 1 atom stereocenters. The molecule has 1 rings (SSSR count). The number of hydrogen-bond donors (Lipinski definition) is 1. The summed E-state index contributed by atoms with van der Waals surface area (Å²) in [6.45, 7) is 0.847. The number of phosphoric acid groups is 1. The second-order valence-electron chi connectivity index (χ2n) is 7.53. The lowest BCUT2D eigenvalue weighted by Crippen LogP contribution is -2.37. The Balaban J connectivity index is 2.61. The van der Waals surface area contributed by atoms with Crippen molar-refractivity contribution in [3.8, 4) is 5.75 Å². The minimum absolute atomic E-state index is 0.111. The van der Waals surface area contributed by atoms with Crippen LogP contribution in [-0.2, 0) is 18.4 Å². The Morgan fingerprint density at radius 2 is 1.66 bits per heavy atom. The summed E-state index contributed by atoms with van der Waals surface area (Å²) in [7, 11) is 1.97. The van der Waals surface area contributed by atoms with Gasteiger partial charge in [-0.05, 0) is 25.0 Å². The zero-order valence-electron chi connectivity index (χ0n) is 17.1. The fourth-order valence-corrected chi connectivity index (χ4v) is 3.40. The van der Waals surface area contributed by atoms with E-state index >= 15 is 0 Å². The zero-order valence-corrected chi connectivity index (χ0v) is 18.0. The number of carbonyl (C=O) groups is 1.